The van der Waals surface area contributed by atoms with E-state index in [1.54, 1.807) is 13.0 Å². The fourth-order valence-electron chi connectivity index (χ4n) is 5.43. The van der Waals surface area contributed by atoms with Crippen molar-refractivity contribution >= 4 is 39.1 Å². The summed E-state index contributed by atoms with van der Waals surface area (Å²) in [5, 5.41) is 5.94. The van der Waals surface area contributed by atoms with Gasteiger partial charge in [-0.3, -0.25) is 4.79 Å². The van der Waals surface area contributed by atoms with Crippen molar-refractivity contribution < 1.29 is 13.2 Å². The molecule has 1 fully saturated rings. The Bertz CT molecular complexity index is 1200. The number of benzene rings is 2. The number of carbonyl (C=O) groups is 1. The molecule has 2 aromatic carbocycles. The molecule has 2 N–H and O–H groups in total. The van der Waals surface area contributed by atoms with Crippen LogP contribution < -0.4 is 5.14 Å². The third-order valence-corrected chi connectivity index (χ3v) is 9.25. The molecule has 0 bridgehead atoms. The van der Waals surface area contributed by atoms with Crippen LogP contribution in [0.25, 0.3) is 0 Å². The maximum absolute atomic E-state index is 14.4. The van der Waals surface area contributed by atoms with Crippen LogP contribution in [0.15, 0.2) is 61.2 Å². The number of allylic oxidation sites excluding steroid dienone is 1. The van der Waals surface area contributed by atoms with E-state index >= 15 is 0 Å². The molecule has 1 aliphatic heterocycles. The van der Waals surface area contributed by atoms with Gasteiger partial charge in [-0.25, -0.2) is 13.6 Å². The van der Waals surface area contributed by atoms with Crippen molar-refractivity contribution in [3.63, 3.8) is 0 Å². The monoisotopic (exact) mass is 550 g/mol. The summed E-state index contributed by atoms with van der Waals surface area (Å²) in [7, 11) is -3.77. The molecule has 2 aromatic rings. The van der Waals surface area contributed by atoms with Crippen LogP contribution in [0.2, 0.25) is 10.0 Å². The fourth-order valence-corrected chi connectivity index (χ4v) is 6.22. The van der Waals surface area contributed by atoms with Crippen LogP contribution in [-0.4, -0.2) is 30.5 Å². The van der Waals surface area contributed by atoms with Crippen molar-refractivity contribution in [3.05, 3.63) is 82.4 Å². The number of likely N-dealkylation sites (tertiary alicyclic amines) is 1. The van der Waals surface area contributed by atoms with Gasteiger partial charge in [0.15, 0.2) is 0 Å². The van der Waals surface area contributed by atoms with E-state index in [0.717, 1.165) is 11.1 Å². The molecule has 0 spiro atoms. The molecule has 1 saturated heterocycles. The number of piperidine rings is 1. The number of hydrogen-bond donors (Lipinski definition) is 1. The van der Waals surface area contributed by atoms with E-state index in [1.165, 1.54) is 0 Å². The minimum Gasteiger partial charge on any atom is -0.331 e. The summed E-state index contributed by atoms with van der Waals surface area (Å²) >= 11 is 12.6. The van der Waals surface area contributed by atoms with Gasteiger partial charge in [0.05, 0.1) is 16.7 Å². The predicted octanol–water partition coefficient (Wildman–Crippen LogP) is 6.72. The Hall–Kier alpha value is -1.86. The molecule has 1 heterocycles. The van der Waals surface area contributed by atoms with Gasteiger partial charge >= 0.3 is 0 Å². The number of nitrogens with zero attached hydrogens (tertiary/aromatic N) is 1. The summed E-state index contributed by atoms with van der Waals surface area (Å²) in [4.78, 5) is 16.3. The van der Waals surface area contributed by atoms with Gasteiger partial charge in [-0.1, -0.05) is 74.3 Å². The maximum Gasteiger partial charge on any atom is 0.229 e. The van der Waals surface area contributed by atoms with Crippen molar-refractivity contribution in [1.82, 2.24) is 4.90 Å². The zero-order valence-corrected chi connectivity index (χ0v) is 23.7. The van der Waals surface area contributed by atoms with Crippen molar-refractivity contribution in [2.45, 2.75) is 70.2 Å². The first-order valence-corrected chi connectivity index (χ1v) is 14.6. The quantitative estimate of drug-likeness (QED) is 0.351. The highest BCUT2D eigenvalue weighted by Gasteiger charge is 2.51. The van der Waals surface area contributed by atoms with Crippen LogP contribution in [0.1, 0.15) is 70.0 Å². The molecule has 1 amide bonds. The predicted molar refractivity (Wildman–Crippen MR) is 149 cm³/mol. The minimum absolute atomic E-state index is 0.0130. The Kier molecular flexibility index (Phi) is 8.98. The number of halogens is 2. The summed E-state index contributed by atoms with van der Waals surface area (Å²) in [6.45, 7) is 11.5. The molecule has 1 aliphatic rings. The largest absolute Gasteiger partial charge is 0.331 e. The Morgan fingerprint density at radius 1 is 1.11 bits per heavy atom. The van der Waals surface area contributed by atoms with E-state index in [-0.39, 0.29) is 36.2 Å². The average Bonchev–Trinajstić information content (AvgIpc) is 2.79. The van der Waals surface area contributed by atoms with Gasteiger partial charge in [0.1, 0.15) is 0 Å². The number of amides is 1. The molecule has 0 saturated carbocycles. The molecule has 0 aromatic heterocycles. The topological polar surface area (TPSA) is 80.5 Å². The van der Waals surface area contributed by atoms with Gasteiger partial charge in [-0.15, -0.1) is 6.58 Å². The number of rotatable bonds is 9. The maximum atomic E-state index is 14.4. The highest BCUT2D eigenvalue weighted by molar-refractivity contribution is 7.89. The van der Waals surface area contributed by atoms with Crippen LogP contribution in [-0.2, 0) is 14.8 Å². The lowest BCUT2D eigenvalue weighted by atomic mass is 9.66. The molecule has 0 radical (unpaired) electrons. The second kappa shape index (κ2) is 11.3. The summed E-state index contributed by atoms with van der Waals surface area (Å²) < 4.78 is 24.5. The molecular weight excluding hydrogens is 515 g/mol. The highest BCUT2D eigenvalue weighted by atomic mass is 35.5. The van der Waals surface area contributed by atoms with Crippen LogP contribution in [0.3, 0.4) is 0 Å². The zero-order chi connectivity index (χ0) is 26.8. The third kappa shape index (κ3) is 6.16. The standard InChI is InChI=1S/C28H36Cl2N2O3S/c1-6-14-28(5)17-24(21-8-7-9-23(30)16-21)26(20-10-12-22(29)13-11-20)32(27(28)33)25(18(2)3)15-19(4)36(31,34)35/h6-13,16,18-19,24-26H,1,14-15,17H2,2-5H3,(H2,31,34,35)/t19?,24-,25+,26-,28+/m1/s1. The zero-order valence-electron chi connectivity index (χ0n) is 21.3. The lowest BCUT2D eigenvalue weighted by Gasteiger charge is -2.53. The fraction of sp³-hybridized carbons (Fsp3) is 0.464. The van der Waals surface area contributed by atoms with Crippen molar-refractivity contribution in [2.75, 3.05) is 0 Å². The average molecular weight is 552 g/mol. The normalized spacial score (nSPS) is 24.6. The molecule has 5 nitrogen and oxygen atoms in total. The van der Waals surface area contributed by atoms with Gasteiger partial charge in [0.2, 0.25) is 15.9 Å². The van der Waals surface area contributed by atoms with Gasteiger partial charge in [0.25, 0.3) is 0 Å². The smallest absolute Gasteiger partial charge is 0.229 e. The lowest BCUT2D eigenvalue weighted by Crippen LogP contribution is -2.57. The van der Waals surface area contributed by atoms with Crippen LogP contribution in [0.5, 0.6) is 0 Å². The number of hydrogen-bond acceptors (Lipinski definition) is 3. The Morgan fingerprint density at radius 2 is 1.75 bits per heavy atom. The summed E-state index contributed by atoms with van der Waals surface area (Å²) in [5.74, 6) is -0.112. The van der Waals surface area contributed by atoms with Gasteiger partial charge in [0, 0.05) is 22.0 Å². The van der Waals surface area contributed by atoms with Crippen molar-refractivity contribution in [3.8, 4) is 0 Å². The van der Waals surface area contributed by atoms with E-state index in [0.29, 0.717) is 22.9 Å². The lowest BCUT2D eigenvalue weighted by molar-refractivity contribution is -0.156. The van der Waals surface area contributed by atoms with Crippen LogP contribution in [0.4, 0.5) is 0 Å². The van der Waals surface area contributed by atoms with Gasteiger partial charge < -0.3 is 4.90 Å². The first-order valence-electron chi connectivity index (χ1n) is 12.2. The molecule has 0 aliphatic carbocycles. The molecule has 3 rings (SSSR count). The molecule has 36 heavy (non-hydrogen) atoms. The van der Waals surface area contributed by atoms with E-state index in [9.17, 15) is 13.2 Å². The van der Waals surface area contributed by atoms with E-state index in [4.69, 9.17) is 28.3 Å². The van der Waals surface area contributed by atoms with Gasteiger partial charge in [-0.2, -0.15) is 0 Å². The number of primary sulfonamides is 1. The first kappa shape index (κ1) is 28.7. The van der Waals surface area contributed by atoms with Crippen LogP contribution in [0, 0.1) is 11.3 Å². The van der Waals surface area contributed by atoms with Crippen molar-refractivity contribution in [1.29, 1.82) is 0 Å². The summed E-state index contributed by atoms with van der Waals surface area (Å²) in [5.41, 5.74) is 1.25. The Balaban J connectivity index is 2.27. The molecule has 196 valence electrons. The first-order chi connectivity index (χ1) is 16.8. The SMILES string of the molecule is C=CC[C@@]1(C)C[C@H](c2cccc(Cl)c2)[C@@H](c2ccc(Cl)cc2)N([C@@H](CC(C)S(N)(=O)=O)C(C)C)C1=O. The van der Waals surface area contributed by atoms with E-state index in [1.807, 2.05) is 74.2 Å². The molecular formula is C28H36Cl2N2O3S. The number of carbonyl (C=O) groups excluding carboxylic acids is 1. The van der Waals surface area contributed by atoms with Crippen LogP contribution >= 0.6 is 23.2 Å². The van der Waals surface area contributed by atoms with Crippen molar-refractivity contribution in [2.24, 2.45) is 16.5 Å². The molecule has 5 atom stereocenters. The second-order valence-electron chi connectivity index (χ2n) is 10.6. The minimum atomic E-state index is -3.77. The molecule has 8 heteroatoms. The van der Waals surface area contributed by atoms with E-state index < -0.39 is 20.7 Å². The summed E-state index contributed by atoms with van der Waals surface area (Å²) in [6.07, 6.45) is 3.11. The Labute approximate surface area is 225 Å². The highest BCUT2D eigenvalue weighted by Crippen LogP contribution is 2.53. The number of sulfonamides is 1. The summed E-state index contributed by atoms with van der Waals surface area (Å²) in [6, 6.07) is 14.6. The number of nitrogens with two attached hydrogens (primary N) is 1. The second-order valence-corrected chi connectivity index (χ2v) is 13.4. The molecule has 1 unspecified atom stereocenters. The van der Waals surface area contributed by atoms with E-state index in [2.05, 4.69) is 6.58 Å². The Morgan fingerprint density at radius 3 is 2.28 bits per heavy atom. The third-order valence-electron chi connectivity index (χ3n) is 7.45. The van der Waals surface area contributed by atoms with Gasteiger partial charge in [-0.05, 0) is 67.5 Å².